The number of benzene rings is 3. The van der Waals surface area contributed by atoms with Crippen LogP contribution in [0.2, 0.25) is 0 Å². The van der Waals surface area contributed by atoms with Crippen LogP contribution >= 0.6 is 0 Å². The van der Waals surface area contributed by atoms with Crippen molar-refractivity contribution in [2.45, 2.75) is 0 Å². The largest absolute Gasteiger partial charge is 0.497 e. The third kappa shape index (κ3) is 7.24. The standard InChI is InChI=1S/C24H24N2O6/c1-29-19-11-13-22(14-12-19)32-17-23(27)25-26-24(28)18-7-9-21(10-8-18)31-16-15-30-20-5-3-2-4-6-20/h2-14H,15-17H2,1H3,(H,25,27)(H,26,28). The number of carbonyl (C=O) groups excluding carboxylic acids is 2. The van der Waals surface area contributed by atoms with Gasteiger partial charge in [0, 0.05) is 5.56 Å². The number of hydrogen-bond donors (Lipinski definition) is 2. The van der Waals surface area contributed by atoms with E-state index in [0.29, 0.717) is 36.0 Å². The lowest BCUT2D eigenvalue weighted by atomic mass is 10.2. The molecule has 0 bridgehead atoms. The Morgan fingerprint density at radius 1 is 0.656 bits per heavy atom. The van der Waals surface area contributed by atoms with Crippen molar-refractivity contribution in [3.8, 4) is 23.0 Å². The lowest BCUT2D eigenvalue weighted by Crippen LogP contribution is -2.43. The first-order valence-corrected chi connectivity index (χ1v) is 9.91. The molecule has 0 saturated carbocycles. The minimum atomic E-state index is -0.493. The molecule has 0 spiro atoms. The number of ether oxygens (including phenoxy) is 4. The summed E-state index contributed by atoms with van der Waals surface area (Å²) in [5.74, 6) is 1.63. The summed E-state index contributed by atoms with van der Waals surface area (Å²) in [6.45, 7) is 0.520. The highest BCUT2D eigenvalue weighted by atomic mass is 16.5. The summed E-state index contributed by atoms with van der Waals surface area (Å²) in [4.78, 5) is 24.1. The SMILES string of the molecule is COc1ccc(OCC(=O)NNC(=O)c2ccc(OCCOc3ccccc3)cc2)cc1. The molecule has 0 aliphatic heterocycles. The van der Waals surface area contributed by atoms with Crippen molar-refractivity contribution in [3.05, 3.63) is 84.4 Å². The number of hydrazine groups is 1. The Morgan fingerprint density at radius 3 is 1.81 bits per heavy atom. The molecule has 3 aromatic carbocycles. The first kappa shape index (κ1) is 22.5. The molecule has 0 aromatic heterocycles. The Bertz CT molecular complexity index is 991. The molecular weight excluding hydrogens is 412 g/mol. The van der Waals surface area contributed by atoms with Crippen LogP contribution in [0.4, 0.5) is 0 Å². The molecule has 0 saturated heterocycles. The third-order valence-corrected chi connectivity index (χ3v) is 4.23. The fourth-order valence-electron chi connectivity index (χ4n) is 2.59. The highest BCUT2D eigenvalue weighted by Gasteiger charge is 2.08. The first-order chi connectivity index (χ1) is 15.6. The molecule has 3 aromatic rings. The van der Waals surface area contributed by atoms with Crippen LogP contribution in [-0.2, 0) is 4.79 Å². The van der Waals surface area contributed by atoms with Gasteiger partial charge in [0.2, 0.25) is 0 Å². The van der Waals surface area contributed by atoms with Gasteiger partial charge in [0.25, 0.3) is 11.8 Å². The summed E-state index contributed by atoms with van der Waals surface area (Å²) in [6.07, 6.45) is 0. The van der Waals surface area contributed by atoms with E-state index in [-0.39, 0.29) is 6.61 Å². The van der Waals surface area contributed by atoms with E-state index < -0.39 is 11.8 Å². The van der Waals surface area contributed by atoms with Crippen LogP contribution in [0.15, 0.2) is 78.9 Å². The molecule has 32 heavy (non-hydrogen) atoms. The predicted molar refractivity (Wildman–Crippen MR) is 118 cm³/mol. The molecule has 0 aliphatic carbocycles. The summed E-state index contributed by atoms with van der Waals surface area (Å²) < 4.78 is 21.6. The summed E-state index contributed by atoms with van der Waals surface area (Å²) in [7, 11) is 1.56. The molecule has 0 aliphatic rings. The fraction of sp³-hybridized carbons (Fsp3) is 0.167. The molecule has 0 heterocycles. The second-order valence-corrected chi connectivity index (χ2v) is 6.50. The maximum Gasteiger partial charge on any atom is 0.276 e. The van der Waals surface area contributed by atoms with E-state index in [1.54, 1.807) is 55.6 Å². The van der Waals surface area contributed by atoms with Crippen molar-refractivity contribution in [2.75, 3.05) is 26.9 Å². The maximum atomic E-state index is 12.2. The lowest BCUT2D eigenvalue weighted by molar-refractivity contribution is -0.123. The number of para-hydroxylation sites is 1. The zero-order valence-corrected chi connectivity index (χ0v) is 17.6. The number of nitrogens with one attached hydrogen (secondary N) is 2. The third-order valence-electron chi connectivity index (χ3n) is 4.23. The molecule has 2 amide bonds. The molecule has 2 N–H and O–H groups in total. The molecule has 0 atom stereocenters. The minimum absolute atomic E-state index is 0.246. The van der Waals surface area contributed by atoms with E-state index in [4.69, 9.17) is 18.9 Å². The van der Waals surface area contributed by atoms with Crippen molar-refractivity contribution >= 4 is 11.8 Å². The molecule has 0 radical (unpaired) electrons. The van der Waals surface area contributed by atoms with Crippen LogP contribution < -0.4 is 29.8 Å². The smallest absolute Gasteiger partial charge is 0.276 e. The van der Waals surface area contributed by atoms with Gasteiger partial charge in [0.05, 0.1) is 7.11 Å². The first-order valence-electron chi connectivity index (χ1n) is 9.91. The molecule has 8 nitrogen and oxygen atoms in total. The van der Waals surface area contributed by atoms with Gasteiger partial charge < -0.3 is 18.9 Å². The van der Waals surface area contributed by atoms with Crippen molar-refractivity contribution in [1.82, 2.24) is 10.9 Å². The lowest BCUT2D eigenvalue weighted by Gasteiger charge is -2.10. The number of methoxy groups -OCH3 is 1. The van der Waals surface area contributed by atoms with Gasteiger partial charge in [-0.15, -0.1) is 0 Å². The zero-order valence-electron chi connectivity index (χ0n) is 17.6. The van der Waals surface area contributed by atoms with Gasteiger partial charge in [-0.25, -0.2) is 0 Å². The summed E-state index contributed by atoms with van der Waals surface area (Å²) in [5.41, 5.74) is 5.02. The topological polar surface area (TPSA) is 95.1 Å². The van der Waals surface area contributed by atoms with Crippen molar-refractivity contribution in [2.24, 2.45) is 0 Å². The van der Waals surface area contributed by atoms with Gasteiger partial charge in [0.15, 0.2) is 6.61 Å². The van der Waals surface area contributed by atoms with Crippen molar-refractivity contribution in [3.63, 3.8) is 0 Å². The Morgan fingerprint density at radius 2 is 1.19 bits per heavy atom. The Labute approximate surface area is 186 Å². The van der Waals surface area contributed by atoms with Gasteiger partial charge in [-0.05, 0) is 60.7 Å². The van der Waals surface area contributed by atoms with Crippen LogP contribution in [0.25, 0.3) is 0 Å². The normalized spacial score (nSPS) is 10.0. The summed E-state index contributed by atoms with van der Waals surface area (Å²) >= 11 is 0. The molecular formula is C24H24N2O6. The average Bonchev–Trinajstić information content (AvgIpc) is 2.85. The maximum absolute atomic E-state index is 12.2. The molecule has 0 unspecified atom stereocenters. The van der Waals surface area contributed by atoms with Crippen LogP contribution in [0, 0.1) is 0 Å². The number of amides is 2. The molecule has 8 heteroatoms. The Kier molecular flexibility index (Phi) is 8.33. The second kappa shape index (κ2) is 11.8. The van der Waals surface area contributed by atoms with E-state index in [2.05, 4.69) is 10.9 Å². The van der Waals surface area contributed by atoms with Gasteiger partial charge >= 0.3 is 0 Å². The average molecular weight is 436 g/mol. The summed E-state index contributed by atoms with van der Waals surface area (Å²) in [5, 5.41) is 0. The Balaban J connectivity index is 1.35. The number of carbonyl (C=O) groups is 2. The fourth-order valence-corrected chi connectivity index (χ4v) is 2.59. The monoisotopic (exact) mass is 436 g/mol. The van der Waals surface area contributed by atoms with E-state index in [1.165, 1.54) is 0 Å². The zero-order chi connectivity index (χ0) is 22.6. The van der Waals surface area contributed by atoms with Crippen LogP contribution in [0.1, 0.15) is 10.4 Å². The van der Waals surface area contributed by atoms with Gasteiger partial charge in [0.1, 0.15) is 36.2 Å². The molecule has 166 valence electrons. The summed E-state index contributed by atoms with van der Waals surface area (Å²) in [6, 6.07) is 22.8. The van der Waals surface area contributed by atoms with Crippen LogP contribution in [0.5, 0.6) is 23.0 Å². The van der Waals surface area contributed by atoms with E-state index >= 15 is 0 Å². The van der Waals surface area contributed by atoms with E-state index in [9.17, 15) is 9.59 Å². The van der Waals surface area contributed by atoms with Gasteiger partial charge in [-0.3, -0.25) is 20.4 Å². The van der Waals surface area contributed by atoms with Gasteiger partial charge in [-0.1, -0.05) is 18.2 Å². The minimum Gasteiger partial charge on any atom is -0.497 e. The van der Waals surface area contributed by atoms with Crippen LogP contribution in [0.3, 0.4) is 0 Å². The molecule has 0 fully saturated rings. The van der Waals surface area contributed by atoms with Crippen molar-refractivity contribution in [1.29, 1.82) is 0 Å². The highest BCUT2D eigenvalue weighted by molar-refractivity contribution is 5.95. The number of rotatable bonds is 10. The van der Waals surface area contributed by atoms with Crippen molar-refractivity contribution < 1.29 is 28.5 Å². The van der Waals surface area contributed by atoms with E-state index in [0.717, 1.165) is 5.75 Å². The quantitative estimate of drug-likeness (QED) is 0.375. The van der Waals surface area contributed by atoms with Gasteiger partial charge in [-0.2, -0.15) is 0 Å². The molecule has 3 rings (SSSR count). The van der Waals surface area contributed by atoms with E-state index in [1.807, 2.05) is 30.3 Å². The number of hydrogen-bond acceptors (Lipinski definition) is 6. The second-order valence-electron chi connectivity index (χ2n) is 6.50. The Hall–Kier alpha value is -4.20. The predicted octanol–water partition coefficient (Wildman–Crippen LogP) is 2.99. The highest BCUT2D eigenvalue weighted by Crippen LogP contribution is 2.17. The van der Waals surface area contributed by atoms with Crippen LogP contribution in [-0.4, -0.2) is 38.7 Å².